The van der Waals surface area contributed by atoms with E-state index in [1.165, 1.54) is 17.0 Å². The van der Waals surface area contributed by atoms with E-state index in [-0.39, 0.29) is 17.8 Å². The van der Waals surface area contributed by atoms with Crippen LogP contribution >= 0.6 is 12.4 Å². The van der Waals surface area contributed by atoms with Crippen LogP contribution in [0, 0.1) is 0 Å². The van der Waals surface area contributed by atoms with E-state index in [2.05, 4.69) is 40.3 Å². The molecule has 1 aromatic carbocycles. The second-order valence-electron chi connectivity index (χ2n) is 5.68. The van der Waals surface area contributed by atoms with Crippen molar-refractivity contribution < 1.29 is 0 Å². The Kier molecular flexibility index (Phi) is 3.57. The Bertz CT molecular complexity index is 599. The lowest BCUT2D eigenvalue weighted by Gasteiger charge is -2.37. The van der Waals surface area contributed by atoms with Crippen LogP contribution < -0.4 is 5.32 Å². The molecular weight excluding hydrogens is 270 g/mol. The highest BCUT2D eigenvalue weighted by molar-refractivity contribution is 5.85. The molecule has 0 aliphatic carbocycles. The second-order valence-corrected chi connectivity index (χ2v) is 5.68. The quantitative estimate of drug-likeness (QED) is 0.808. The lowest BCUT2D eigenvalue weighted by atomic mass is 9.71. The summed E-state index contributed by atoms with van der Waals surface area (Å²) in [6.07, 6.45) is 7.54. The second kappa shape index (κ2) is 5.23. The van der Waals surface area contributed by atoms with Crippen LogP contribution in [0.25, 0.3) is 0 Å². The van der Waals surface area contributed by atoms with Gasteiger partial charge in [-0.25, -0.2) is 4.98 Å². The topological polar surface area (TPSA) is 29.9 Å². The summed E-state index contributed by atoms with van der Waals surface area (Å²) < 4.78 is 2.37. The molecule has 0 unspecified atom stereocenters. The van der Waals surface area contributed by atoms with Gasteiger partial charge in [0.1, 0.15) is 5.82 Å². The Hall–Kier alpha value is -1.32. The van der Waals surface area contributed by atoms with Crippen LogP contribution in [-0.4, -0.2) is 22.6 Å². The van der Waals surface area contributed by atoms with Gasteiger partial charge in [0.15, 0.2) is 0 Å². The number of nitrogens with one attached hydrogen (secondary N) is 1. The first-order chi connectivity index (χ1) is 9.40. The van der Waals surface area contributed by atoms with E-state index < -0.39 is 0 Å². The van der Waals surface area contributed by atoms with Gasteiger partial charge in [-0.2, -0.15) is 0 Å². The van der Waals surface area contributed by atoms with Crippen molar-refractivity contribution in [3.05, 3.63) is 53.6 Å². The number of hydrogen-bond donors (Lipinski definition) is 1. The summed E-state index contributed by atoms with van der Waals surface area (Å²) in [5.74, 6) is 1.28. The summed E-state index contributed by atoms with van der Waals surface area (Å²) in [5.41, 5.74) is 3.15. The first-order valence-electron chi connectivity index (χ1n) is 7.21. The van der Waals surface area contributed by atoms with Crippen molar-refractivity contribution in [1.82, 2.24) is 14.9 Å². The Morgan fingerprint density at radius 1 is 1.15 bits per heavy atom. The molecule has 1 saturated heterocycles. The van der Waals surface area contributed by atoms with E-state index in [9.17, 15) is 0 Å². The van der Waals surface area contributed by atoms with Gasteiger partial charge in [-0.15, -0.1) is 12.4 Å². The molecule has 0 radical (unpaired) electrons. The molecule has 0 saturated carbocycles. The van der Waals surface area contributed by atoms with Crippen LogP contribution in [0.2, 0.25) is 0 Å². The molecule has 3 heterocycles. The van der Waals surface area contributed by atoms with Crippen LogP contribution in [0.4, 0.5) is 0 Å². The fourth-order valence-electron chi connectivity index (χ4n) is 3.82. The van der Waals surface area contributed by atoms with Crippen LogP contribution in [0.5, 0.6) is 0 Å². The lowest BCUT2D eigenvalue weighted by molar-refractivity contribution is 0.339. The largest absolute Gasteiger partial charge is 0.334 e. The molecule has 0 atom stereocenters. The standard InChI is InChI=1S/C16H19N3.ClH/c1-2-4-14-13(3-1)5-11-19-12-10-18-15(19)16(14)6-8-17-9-7-16;/h1-4,10,12,17H,5-9,11H2;1H. The molecule has 1 spiro atoms. The van der Waals surface area contributed by atoms with Crippen molar-refractivity contribution in [3.8, 4) is 0 Å². The number of nitrogens with zero attached hydrogens (tertiary/aromatic N) is 2. The molecule has 1 fully saturated rings. The lowest BCUT2D eigenvalue weighted by Crippen LogP contribution is -2.42. The summed E-state index contributed by atoms with van der Waals surface area (Å²) in [7, 11) is 0. The van der Waals surface area contributed by atoms with Crippen molar-refractivity contribution in [3.63, 3.8) is 0 Å². The highest BCUT2D eigenvalue weighted by atomic mass is 35.5. The van der Waals surface area contributed by atoms with Gasteiger partial charge >= 0.3 is 0 Å². The third-order valence-corrected chi connectivity index (χ3v) is 4.76. The molecule has 0 amide bonds. The highest BCUT2D eigenvalue weighted by Crippen LogP contribution is 2.42. The fourth-order valence-corrected chi connectivity index (χ4v) is 3.82. The van der Waals surface area contributed by atoms with Crippen molar-refractivity contribution >= 4 is 12.4 Å². The molecule has 0 bridgehead atoms. The average molecular weight is 290 g/mol. The predicted molar refractivity (Wildman–Crippen MR) is 82.5 cm³/mol. The normalized spacial score (nSPS) is 19.6. The van der Waals surface area contributed by atoms with Crippen molar-refractivity contribution in [2.24, 2.45) is 0 Å². The zero-order valence-corrected chi connectivity index (χ0v) is 12.3. The maximum Gasteiger partial charge on any atom is 0.119 e. The number of aromatic nitrogens is 2. The Balaban J connectivity index is 0.00000121. The summed E-state index contributed by atoms with van der Waals surface area (Å²) in [6, 6.07) is 8.97. The van der Waals surface area contributed by atoms with E-state index in [1.54, 1.807) is 0 Å². The van der Waals surface area contributed by atoms with Gasteiger partial charge in [-0.3, -0.25) is 0 Å². The Labute approximate surface area is 125 Å². The zero-order chi connectivity index (χ0) is 12.7. The minimum atomic E-state index is 0. The summed E-state index contributed by atoms with van der Waals surface area (Å²) in [6.45, 7) is 3.23. The minimum Gasteiger partial charge on any atom is -0.334 e. The maximum atomic E-state index is 4.73. The zero-order valence-electron chi connectivity index (χ0n) is 11.5. The monoisotopic (exact) mass is 289 g/mol. The molecule has 4 heteroatoms. The number of aryl methyl sites for hydroxylation is 2. The highest BCUT2D eigenvalue weighted by Gasteiger charge is 2.41. The average Bonchev–Trinajstić information content (AvgIpc) is 2.91. The number of imidazole rings is 1. The summed E-state index contributed by atoms with van der Waals surface area (Å²) in [5, 5.41) is 3.49. The third-order valence-electron chi connectivity index (χ3n) is 4.76. The van der Waals surface area contributed by atoms with Gasteiger partial charge in [0.2, 0.25) is 0 Å². The smallest absolute Gasteiger partial charge is 0.119 e. The predicted octanol–water partition coefficient (Wildman–Crippen LogP) is 2.53. The fraction of sp³-hybridized carbons (Fsp3) is 0.438. The molecule has 106 valence electrons. The van der Waals surface area contributed by atoms with Crippen molar-refractivity contribution in [1.29, 1.82) is 0 Å². The molecule has 2 aliphatic rings. The molecule has 20 heavy (non-hydrogen) atoms. The molecule has 2 aliphatic heterocycles. The maximum absolute atomic E-state index is 4.73. The number of halogens is 1. The molecule has 1 N–H and O–H groups in total. The SMILES string of the molecule is Cl.c1ccc2c(c1)CCn1ccnc1C21CCNCC1. The van der Waals surface area contributed by atoms with Gasteiger partial charge < -0.3 is 9.88 Å². The third kappa shape index (κ3) is 1.88. The number of fused-ring (bicyclic) bond motifs is 4. The van der Waals surface area contributed by atoms with Gasteiger partial charge in [0.05, 0.1) is 5.41 Å². The van der Waals surface area contributed by atoms with Crippen molar-refractivity contribution in [2.45, 2.75) is 31.2 Å². The Morgan fingerprint density at radius 2 is 1.95 bits per heavy atom. The molecular formula is C16H20ClN3. The first kappa shape index (κ1) is 13.7. The van der Waals surface area contributed by atoms with Crippen LogP contribution in [0.3, 0.4) is 0 Å². The number of hydrogen-bond acceptors (Lipinski definition) is 2. The van der Waals surface area contributed by atoms with Crippen molar-refractivity contribution in [2.75, 3.05) is 13.1 Å². The van der Waals surface area contributed by atoms with E-state index in [1.807, 2.05) is 6.20 Å². The minimum absolute atomic E-state index is 0. The van der Waals surface area contributed by atoms with Gasteiger partial charge in [-0.05, 0) is 43.5 Å². The first-order valence-corrected chi connectivity index (χ1v) is 7.21. The molecule has 3 nitrogen and oxygen atoms in total. The summed E-state index contributed by atoms with van der Waals surface area (Å²) in [4.78, 5) is 4.73. The Morgan fingerprint density at radius 3 is 2.80 bits per heavy atom. The summed E-state index contributed by atoms with van der Waals surface area (Å²) >= 11 is 0. The van der Waals surface area contributed by atoms with Crippen LogP contribution in [0.15, 0.2) is 36.7 Å². The van der Waals surface area contributed by atoms with Gasteiger partial charge in [0.25, 0.3) is 0 Å². The van der Waals surface area contributed by atoms with E-state index in [4.69, 9.17) is 4.98 Å². The number of piperidine rings is 1. The molecule has 4 rings (SSSR count). The van der Waals surface area contributed by atoms with Gasteiger partial charge in [0, 0.05) is 18.9 Å². The number of rotatable bonds is 0. The molecule has 2 aromatic rings. The number of benzene rings is 1. The van der Waals surface area contributed by atoms with Crippen LogP contribution in [-0.2, 0) is 18.4 Å². The van der Waals surface area contributed by atoms with Gasteiger partial charge in [-0.1, -0.05) is 24.3 Å². The van der Waals surface area contributed by atoms with E-state index in [0.29, 0.717) is 0 Å². The van der Waals surface area contributed by atoms with Crippen LogP contribution in [0.1, 0.15) is 29.8 Å². The van der Waals surface area contributed by atoms with E-state index in [0.717, 1.165) is 38.9 Å². The molecule has 1 aromatic heterocycles. The van der Waals surface area contributed by atoms with E-state index >= 15 is 0 Å².